The lowest BCUT2D eigenvalue weighted by atomic mass is 10.1. The molecule has 1 heterocycles. The van der Waals surface area contributed by atoms with E-state index in [0.29, 0.717) is 12.0 Å². The van der Waals surface area contributed by atoms with E-state index >= 15 is 0 Å². The number of carbonyl (C=O) groups excluding carboxylic acids is 1. The second-order valence-electron chi connectivity index (χ2n) is 5.69. The van der Waals surface area contributed by atoms with Crippen molar-refractivity contribution in [3.63, 3.8) is 0 Å². The van der Waals surface area contributed by atoms with Gasteiger partial charge in [0.2, 0.25) is 11.7 Å². The third kappa shape index (κ3) is 5.29. The Kier molecular flexibility index (Phi) is 6.73. The maximum absolute atomic E-state index is 12.5. The minimum atomic E-state index is -4.68. The first-order valence-corrected chi connectivity index (χ1v) is 8.19. The number of benzene rings is 1. The van der Waals surface area contributed by atoms with Gasteiger partial charge in [-0.3, -0.25) is 9.63 Å². The molecule has 1 amide bonds. The first-order valence-electron chi connectivity index (χ1n) is 8.19. The number of nitrogens with zero attached hydrogens (tertiary/aromatic N) is 3. The third-order valence-corrected chi connectivity index (χ3v) is 3.70. The van der Waals surface area contributed by atoms with Crippen LogP contribution in [0.4, 0.5) is 13.2 Å². The fourth-order valence-electron chi connectivity index (χ4n) is 2.29. The summed E-state index contributed by atoms with van der Waals surface area (Å²) in [7, 11) is 1.42. The Morgan fingerprint density at radius 3 is 2.46 bits per heavy atom. The van der Waals surface area contributed by atoms with Gasteiger partial charge in [0.1, 0.15) is 0 Å². The van der Waals surface area contributed by atoms with Crippen molar-refractivity contribution in [3.05, 3.63) is 35.7 Å². The van der Waals surface area contributed by atoms with Gasteiger partial charge in [0.05, 0.1) is 13.7 Å². The van der Waals surface area contributed by atoms with Crippen LogP contribution in [0.2, 0.25) is 0 Å². The zero-order valence-corrected chi connectivity index (χ0v) is 14.5. The highest BCUT2D eigenvalue weighted by atomic mass is 19.4. The quantitative estimate of drug-likeness (QED) is 0.513. The molecule has 0 spiro atoms. The van der Waals surface area contributed by atoms with Crippen LogP contribution in [0.3, 0.4) is 0 Å². The molecule has 2 aromatic rings. The van der Waals surface area contributed by atoms with Crippen molar-refractivity contribution in [2.24, 2.45) is 0 Å². The van der Waals surface area contributed by atoms with Crippen LogP contribution in [-0.4, -0.2) is 28.2 Å². The van der Waals surface area contributed by atoms with Gasteiger partial charge >= 0.3 is 12.1 Å². The predicted octanol–water partition coefficient (Wildman–Crippen LogP) is 4.23. The number of alkyl halides is 3. The maximum Gasteiger partial charge on any atom is 0.471 e. The Morgan fingerprint density at radius 2 is 1.92 bits per heavy atom. The number of hydrogen-bond donors (Lipinski definition) is 0. The summed E-state index contributed by atoms with van der Waals surface area (Å²) >= 11 is 0. The summed E-state index contributed by atoms with van der Waals surface area (Å²) in [5, 5.41) is 4.60. The number of halogens is 3. The standard InChI is InChI=1S/C17H20F3N3O3/c1-3-4-5-6-14(24)23(25-2)11-12-7-9-13(10-8-12)15-21-16(26-22-15)17(18,19)20/h7-10H,3-6,11H2,1-2H3. The van der Waals surface area contributed by atoms with E-state index in [1.54, 1.807) is 24.3 Å². The van der Waals surface area contributed by atoms with Crippen molar-refractivity contribution in [2.45, 2.75) is 45.3 Å². The molecule has 0 aliphatic rings. The first kappa shape index (κ1) is 19.9. The highest BCUT2D eigenvalue weighted by Gasteiger charge is 2.38. The molecular weight excluding hydrogens is 351 g/mol. The van der Waals surface area contributed by atoms with E-state index < -0.39 is 12.1 Å². The Hall–Kier alpha value is -2.42. The van der Waals surface area contributed by atoms with Crippen LogP contribution >= 0.6 is 0 Å². The van der Waals surface area contributed by atoms with Crippen molar-refractivity contribution in [2.75, 3.05) is 7.11 Å². The minimum Gasteiger partial charge on any atom is -0.329 e. The van der Waals surface area contributed by atoms with Crippen molar-refractivity contribution in [3.8, 4) is 11.4 Å². The monoisotopic (exact) mass is 371 g/mol. The number of rotatable bonds is 8. The Balaban J connectivity index is 2.02. The van der Waals surface area contributed by atoms with Crippen LogP contribution in [0.15, 0.2) is 28.8 Å². The summed E-state index contributed by atoms with van der Waals surface area (Å²) in [6, 6.07) is 6.47. The molecule has 0 N–H and O–H groups in total. The van der Waals surface area contributed by atoms with Crippen LogP contribution in [0.5, 0.6) is 0 Å². The minimum absolute atomic E-state index is 0.113. The van der Waals surface area contributed by atoms with Gasteiger partial charge in [-0.05, 0) is 12.0 Å². The number of hydroxylamine groups is 2. The van der Waals surface area contributed by atoms with Gasteiger partial charge in [-0.15, -0.1) is 0 Å². The van der Waals surface area contributed by atoms with Gasteiger partial charge in [-0.25, -0.2) is 5.06 Å². The van der Waals surface area contributed by atoms with Crippen molar-refractivity contribution in [1.29, 1.82) is 0 Å². The Bertz CT molecular complexity index is 714. The first-order chi connectivity index (χ1) is 12.3. The topological polar surface area (TPSA) is 68.5 Å². The Morgan fingerprint density at radius 1 is 1.23 bits per heavy atom. The number of hydrogen-bond acceptors (Lipinski definition) is 5. The summed E-state index contributed by atoms with van der Waals surface area (Å²) < 4.78 is 41.7. The fraction of sp³-hybridized carbons (Fsp3) is 0.471. The van der Waals surface area contributed by atoms with Gasteiger partial charge < -0.3 is 4.52 Å². The second kappa shape index (κ2) is 8.79. The molecular formula is C17H20F3N3O3. The van der Waals surface area contributed by atoms with E-state index in [-0.39, 0.29) is 18.3 Å². The molecule has 0 saturated carbocycles. The number of unbranched alkanes of at least 4 members (excludes halogenated alkanes) is 2. The molecule has 0 atom stereocenters. The molecule has 0 aliphatic heterocycles. The predicted molar refractivity (Wildman–Crippen MR) is 86.4 cm³/mol. The third-order valence-electron chi connectivity index (χ3n) is 3.70. The van der Waals surface area contributed by atoms with E-state index in [2.05, 4.69) is 21.6 Å². The molecule has 0 bridgehead atoms. The van der Waals surface area contributed by atoms with Crippen LogP contribution in [0.25, 0.3) is 11.4 Å². The lowest BCUT2D eigenvalue weighted by Gasteiger charge is -2.19. The molecule has 0 aliphatic carbocycles. The van der Waals surface area contributed by atoms with Gasteiger partial charge in [-0.2, -0.15) is 18.2 Å². The van der Waals surface area contributed by atoms with Gasteiger partial charge in [-0.1, -0.05) is 49.2 Å². The summed E-state index contributed by atoms with van der Waals surface area (Å²) in [5.74, 6) is -1.65. The molecule has 142 valence electrons. The SMILES string of the molecule is CCCCCC(=O)N(Cc1ccc(-c2noc(C(F)(F)F)n2)cc1)OC. The van der Waals surface area contributed by atoms with Gasteiger partial charge in [0.15, 0.2) is 0 Å². The van der Waals surface area contributed by atoms with Crippen LogP contribution < -0.4 is 0 Å². The lowest BCUT2D eigenvalue weighted by molar-refractivity contribution is -0.179. The summed E-state index contributed by atoms with van der Waals surface area (Å²) in [6.45, 7) is 2.29. The number of aromatic nitrogens is 2. The average molecular weight is 371 g/mol. The van der Waals surface area contributed by atoms with Crippen LogP contribution in [0, 0.1) is 0 Å². The highest BCUT2D eigenvalue weighted by Crippen LogP contribution is 2.29. The van der Waals surface area contributed by atoms with Crippen LogP contribution in [-0.2, 0) is 22.4 Å². The maximum atomic E-state index is 12.5. The van der Waals surface area contributed by atoms with E-state index in [1.807, 2.05) is 0 Å². The van der Waals surface area contributed by atoms with Crippen molar-refractivity contribution in [1.82, 2.24) is 15.2 Å². The van der Waals surface area contributed by atoms with E-state index in [1.165, 1.54) is 12.2 Å². The normalized spacial score (nSPS) is 11.6. The number of carbonyl (C=O) groups is 1. The Labute approximate surface area is 148 Å². The largest absolute Gasteiger partial charge is 0.471 e. The molecule has 0 saturated heterocycles. The molecule has 9 heteroatoms. The zero-order chi connectivity index (χ0) is 19.2. The van der Waals surface area contributed by atoms with Crippen molar-refractivity contribution < 1.29 is 27.3 Å². The smallest absolute Gasteiger partial charge is 0.329 e. The molecule has 6 nitrogen and oxygen atoms in total. The molecule has 0 fully saturated rings. The zero-order valence-electron chi connectivity index (χ0n) is 14.5. The molecule has 1 aromatic carbocycles. The lowest BCUT2D eigenvalue weighted by Crippen LogP contribution is -2.29. The molecule has 0 unspecified atom stereocenters. The van der Waals surface area contributed by atoms with E-state index in [0.717, 1.165) is 24.8 Å². The highest BCUT2D eigenvalue weighted by molar-refractivity contribution is 5.75. The van der Waals surface area contributed by atoms with Gasteiger partial charge in [0, 0.05) is 12.0 Å². The summed E-state index contributed by atoms with van der Waals surface area (Å²) in [5.41, 5.74) is 1.14. The molecule has 26 heavy (non-hydrogen) atoms. The average Bonchev–Trinajstić information content (AvgIpc) is 3.11. The number of amides is 1. The van der Waals surface area contributed by atoms with Crippen molar-refractivity contribution >= 4 is 5.91 Å². The summed E-state index contributed by atoms with van der Waals surface area (Å²) in [6.07, 6.45) is -1.48. The fourth-order valence-corrected chi connectivity index (χ4v) is 2.29. The molecule has 0 radical (unpaired) electrons. The van der Waals surface area contributed by atoms with Crippen LogP contribution in [0.1, 0.15) is 44.1 Å². The molecule has 2 rings (SSSR count). The molecule has 1 aromatic heterocycles. The van der Waals surface area contributed by atoms with E-state index in [4.69, 9.17) is 4.84 Å². The van der Waals surface area contributed by atoms with E-state index in [9.17, 15) is 18.0 Å². The van der Waals surface area contributed by atoms with Gasteiger partial charge in [0.25, 0.3) is 0 Å². The second-order valence-corrected chi connectivity index (χ2v) is 5.69. The summed E-state index contributed by atoms with van der Waals surface area (Å²) in [4.78, 5) is 20.6.